The van der Waals surface area contributed by atoms with Gasteiger partial charge < -0.3 is 4.90 Å². The molecule has 0 N–H and O–H groups in total. The molecule has 0 spiro atoms. The zero-order valence-electron chi connectivity index (χ0n) is 9.99. The molecule has 0 radical (unpaired) electrons. The van der Waals surface area contributed by atoms with Crippen molar-refractivity contribution in [3.8, 4) is 0 Å². The Hall–Kier alpha value is 0.270. The molecule has 2 atom stereocenters. The van der Waals surface area contributed by atoms with Gasteiger partial charge in [-0.1, -0.05) is 0 Å². The highest BCUT2D eigenvalue weighted by atomic mass is 32.2. The molecule has 2 fully saturated rings. The molecule has 3 heteroatoms. The molecule has 0 bridgehead atoms. The zero-order chi connectivity index (χ0) is 10.6. The summed E-state index contributed by atoms with van der Waals surface area (Å²) in [5.41, 5.74) is 0. The highest BCUT2D eigenvalue weighted by Crippen LogP contribution is 2.19. The van der Waals surface area contributed by atoms with E-state index in [1.807, 2.05) is 11.8 Å². The topological polar surface area (TPSA) is 6.48 Å². The van der Waals surface area contributed by atoms with Gasteiger partial charge in [0.05, 0.1) is 5.37 Å². The average molecular weight is 216 g/mol. The molecule has 2 aliphatic rings. The summed E-state index contributed by atoms with van der Waals surface area (Å²) in [6.45, 7) is 7.11. The Balaban J connectivity index is 0.000000140. The van der Waals surface area contributed by atoms with E-state index < -0.39 is 0 Å². The summed E-state index contributed by atoms with van der Waals surface area (Å²) in [6, 6.07) is 0.847. The van der Waals surface area contributed by atoms with Crippen LogP contribution in [0.2, 0.25) is 0 Å². The lowest BCUT2D eigenvalue weighted by molar-refractivity contribution is 0.331. The van der Waals surface area contributed by atoms with Crippen molar-refractivity contribution in [2.24, 2.45) is 0 Å². The Morgan fingerprint density at radius 2 is 1.79 bits per heavy atom. The minimum atomic E-state index is 0.764. The maximum Gasteiger partial charge on any atom is 0.0526 e. The summed E-state index contributed by atoms with van der Waals surface area (Å²) in [6.07, 6.45) is 2.80. The standard InChI is InChI=1S/C6H13N.C5H11NS/c1-6-4-3-5-7(6)2;1-5-6(2)3-4-7-5/h6H,3-5H2,1-2H3;5H,3-4H2,1-2H3. The summed E-state index contributed by atoms with van der Waals surface area (Å²) in [4.78, 5) is 4.77. The number of hydrogen-bond donors (Lipinski definition) is 0. The monoisotopic (exact) mass is 216 g/mol. The predicted molar refractivity (Wildman–Crippen MR) is 65.9 cm³/mol. The van der Waals surface area contributed by atoms with Gasteiger partial charge in [-0.05, 0) is 47.3 Å². The first-order valence-electron chi connectivity index (χ1n) is 5.63. The van der Waals surface area contributed by atoms with Crippen LogP contribution in [0.1, 0.15) is 26.7 Å². The van der Waals surface area contributed by atoms with E-state index in [4.69, 9.17) is 0 Å². The van der Waals surface area contributed by atoms with Gasteiger partial charge in [0, 0.05) is 18.3 Å². The van der Waals surface area contributed by atoms with E-state index in [2.05, 4.69) is 37.7 Å². The normalized spacial score (nSPS) is 34.3. The van der Waals surface area contributed by atoms with E-state index >= 15 is 0 Å². The molecule has 2 rings (SSSR count). The fourth-order valence-corrected chi connectivity index (χ4v) is 2.85. The van der Waals surface area contributed by atoms with Crippen LogP contribution in [0.15, 0.2) is 0 Å². The Morgan fingerprint density at radius 1 is 1.07 bits per heavy atom. The van der Waals surface area contributed by atoms with Gasteiger partial charge in [-0.2, -0.15) is 0 Å². The molecule has 0 aliphatic carbocycles. The number of rotatable bonds is 0. The van der Waals surface area contributed by atoms with Crippen molar-refractivity contribution in [3.63, 3.8) is 0 Å². The van der Waals surface area contributed by atoms with Crippen LogP contribution < -0.4 is 0 Å². The highest BCUT2D eigenvalue weighted by Gasteiger charge is 2.15. The van der Waals surface area contributed by atoms with Crippen LogP contribution in [0.5, 0.6) is 0 Å². The van der Waals surface area contributed by atoms with E-state index in [0.29, 0.717) is 0 Å². The molecule has 0 aromatic rings. The Labute approximate surface area is 93.0 Å². The first-order valence-corrected chi connectivity index (χ1v) is 6.68. The molecule has 2 unspecified atom stereocenters. The van der Waals surface area contributed by atoms with Crippen LogP contribution in [0.4, 0.5) is 0 Å². The smallest absolute Gasteiger partial charge is 0.0526 e. The van der Waals surface area contributed by atoms with Crippen molar-refractivity contribution >= 4 is 11.8 Å². The van der Waals surface area contributed by atoms with E-state index in [1.165, 1.54) is 31.7 Å². The third-order valence-corrected chi connectivity index (χ3v) is 4.57. The number of likely N-dealkylation sites (tertiary alicyclic amines) is 1. The van der Waals surface area contributed by atoms with Crippen molar-refractivity contribution in [2.45, 2.75) is 38.1 Å². The van der Waals surface area contributed by atoms with Gasteiger partial charge in [0.25, 0.3) is 0 Å². The largest absolute Gasteiger partial charge is 0.304 e. The SMILES string of the molecule is CC1CCCN1C.CC1SCCN1C. The molecule has 0 aromatic carbocycles. The fraction of sp³-hybridized carbons (Fsp3) is 1.00. The minimum absolute atomic E-state index is 0.764. The second-order valence-electron chi connectivity index (χ2n) is 4.42. The van der Waals surface area contributed by atoms with Gasteiger partial charge in [-0.25, -0.2) is 0 Å². The Bertz CT molecular complexity index is 129. The molecule has 14 heavy (non-hydrogen) atoms. The van der Waals surface area contributed by atoms with E-state index in [9.17, 15) is 0 Å². The number of hydrogen-bond acceptors (Lipinski definition) is 3. The molecule has 2 aliphatic heterocycles. The van der Waals surface area contributed by atoms with Crippen LogP contribution in [-0.4, -0.2) is 54.2 Å². The quantitative estimate of drug-likeness (QED) is 0.612. The van der Waals surface area contributed by atoms with Crippen LogP contribution >= 0.6 is 11.8 Å². The predicted octanol–water partition coefficient (Wildman–Crippen LogP) is 2.11. The molecule has 2 heterocycles. The van der Waals surface area contributed by atoms with Crippen LogP contribution in [0.25, 0.3) is 0 Å². The molecular formula is C11H24N2S. The summed E-state index contributed by atoms with van der Waals surface area (Å²) in [5, 5.41) is 0.764. The molecule has 0 amide bonds. The Morgan fingerprint density at radius 3 is 1.93 bits per heavy atom. The average Bonchev–Trinajstić information content (AvgIpc) is 2.67. The molecule has 2 saturated heterocycles. The lowest BCUT2D eigenvalue weighted by Gasteiger charge is -2.12. The van der Waals surface area contributed by atoms with Crippen LogP contribution in [0.3, 0.4) is 0 Å². The lowest BCUT2D eigenvalue weighted by Crippen LogP contribution is -2.20. The molecule has 0 aromatic heterocycles. The van der Waals surface area contributed by atoms with Crippen LogP contribution in [-0.2, 0) is 0 Å². The van der Waals surface area contributed by atoms with Gasteiger partial charge >= 0.3 is 0 Å². The summed E-state index contributed by atoms with van der Waals surface area (Å²) in [5.74, 6) is 1.32. The summed E-state index contributed by atoms with van der Waals surface area (Å²) >= 11 is 2.03. The summed E-state index contributed by atoms with van der Waals surface area (Å²) in [7, 11) is 4.36. The number of nitrogens with zero attached hydrogens (tertiary/aromatic N) is 2. The second kappa shape index (κ2) is 5.99. The maximum absolute atomic E-state index is 2.40. The molecule has 0 saturated carbocycles. The van der Waals surface area contributed by atoms with Crippen molar-refractivity contribution in [1.82, 2.24) is 9.80 Å². The van der Waals surface area contributed by atoms with Gasteiger partial charge in [-0.3, -0.25) is 4.90 Å². The van der Waals surface area contributed by atoms with Gasteiger partial charge in [-0.15, -0.1) is 11.8 Å². The van der Waals surface area contributed by atoms with E-state index in [0.717, 1.165) is 11.4 Å². The molecular weight excluding hydrogens is 192 g/mol. The third-order valence-electron chi connectivity index (χ3n) is 3.31. The number of thioether (sulfide) groups is 1. The first kappa shape index (κ1) is 12.3. The first-order chi connectivity index (χ1) is 6.61. The van der Waals surface area contributed by atoms with Crippen molar-refractivity contribution in [1.29, 1.82) is 0 Å². The zero-order valence-corrected chi connectivity index (χ0v) is 10.8. The van der Waals surface area contributed by atoms with E-state index in [1.54, 1.807) is 0 Å². The van der Waals surface area contributed by atoms with Crippen LogP contribution in [0, 0.1) is 0 Å². The third kappa shape index (κ3) is 3.79. The van der Waals surface area contributed by atoms with Gasteiger partial charge in [0.15, 0.2) is 0 Å². The minimum Gasteiger partial charge on any atom is -0.304 e. The Kier molecular flexibility index (Phi) is 5.28. The molecule has 2 nitrogen and oxygen atoms in total. The summed E-state index contributed by atoms with van der Waals surface area (Å²) < 4.78 is 0. The lowest BCUT2D eigenvalue weighted by atomic mass is 10.3. The molecule has 84 valence electrons. The fourth-order valence-electron chi connectivity index (χ4n) is 1.75. The van der Waals surface area contributed by atoms with E-state index in [-0.39, 0.29) is 0 Å². The van der Waals surface area contributed by atoms with Crippen molar-refractivity contribution < 1.29 is 0 Å². The van der Waals surface area contributed by atoms with Gasteiger partial charge in [0.2, 0.25) is 0 Å². The van der Waals surface area contributed by atoms with Gasteiger partial charge in [0.1, 0.15) is 0 Å². The van der Waals surface area contributed by atoms with Crippen molar-refractivity contribution in [2.75, 3.05) is 32.9 Å². The maximum atomic E-state index is 2.40. The van der Waals surface area contributed by atoms with Crippen molar-refractivity contribution in [3.05, 3.63) is 0 Å². The highest BCUT2D eigenvalue weighted by molar-refractivity contribution is 8.00. The second-order valence-corrected chi connectivity index (χ2v) is 5.85.